The van der Waals surface area contributed by atoms with Gasteiger partial charge in [-0.2, -0.15) is 18.4 Å². The largest absolute Gasteiger partial charge is 0.344 e. The average Bonchev–Trinajstić information content (AvgIpc) is 2.76. The van der Waals surface area contributed by atoms with E-state index in [1.165, 1.54) is 21.7 Å². The smallest absolute Gasteiger partial charge is 0.227 e. The lowest BCUT2D eigenvalue weighted by molar-refractivity contribution is -1.92. The summed E-state index contributed by atoms with van der Waals surface area (Å²) in [6.45, 7) is 2.13. The molecule has 0 amide bonds. The Kier molecular flexibility index (Phi) is 3.53. The van der Waals surface area contributed by atoms with Crippen LogP contribution in [-0.2, 0) is 0 Å². The summed E-state index contributed by atoms with van der Waals surface area (Å²) < 4.78 is 35.0. The van der Waals surface area contributed by atoms with E-state index in [1.54, 1.807) is 11.3 Å². The second-order valence-corrected chi connectivity index (χ2v) is 5.21. The molecule has 2 aromatic heterocycles. The Bertz CT molecular complexity index is 667. The first-order valence-electron chi connectivity index (χ1n) is 4.86. The van der Waals surface area contributed by atoms with Crippen molar-refractivity contribution in [1.29, 1.82) is 0 Å². The van der Waals surface area contributed by atoms with Crippen LogP contribution in [0.5, 0.6) is 0 Å². The summed E-state index contributed by atoms with van der Waals surface area (Å²) in [4.78, 5) is 4.59. The Morgan fingerprint density at radius 1 is 1.28 bits per heavy atom. The molecule has 0 spiro atoms. The van der Waals surface area contributed by atoms with Crippen molar-refractivity contribution in [1.82, 2.24) is 4.98 Å². The van der Waals surface area contributed by atoms with Crippen LogP contribution < -0.4 is 18.4 Å². The molecule has 8 heteroatoms. The number of fused-ring (bicyclic) bond motifs is 3. The minimum Gasteiger partial charge on any atom is -0.227 e. The van der Waals surface area contributed by atoms with E-state index in [2.05, 4.69) is 46.0 Å². The normalized spacial score (nSPS) is 11.6. The van der Waals surface area contributed by atoms with Gasteiger partial charge in [0, 0.05) is 5.38 Å². The molecular formula is C10H10ClN2O4S+. The molecule has 2 heterocycles. The quantitative estimate of drug-likeness (QED) is 0.474. The molecular weight excluding hydrogens is 280 g/mol. The topological polar surface area (TPSA) is 109 Å². The Labute approximate surface area is 108 Å². The number of hydrogen-bond acceptors (Lipinski definition) is 5. The molecule has 0 unspecified atom stereocenters. The Morgan fingerprint density at radius 3 is 2.56 bits per heavy atom. The number of halogens is 1. The number of aromatic amines is 1. The van der Waals surface area contributed by atoms with Crippen molar-refractivity contribution < 1.29 is 33.3 Å². The number of nitrogens with one attached hydrogen (secondary N) is 1. The molecule has 0 saturated heterocycles. The molecule has 3 rings (SSSR count). The molecule has 0 saturated carbocycles. The fourth-order valence-electron chi connectivity index (χ4n) is 1.68. The van der Waals surface area contributed by atoms with Gasteiger partial charge in [0.15, 0.2) is 11.0 Å². The van der Waals surface area contributed by atoms with Gasteiger partial charge < -0.3 is 0 Å². The highest BCUT2D eigenvalue weighted by Gasteiger charge is 2.14. The average molecular weight is 290 g/mol. The van der Waals surface area contributed by atoms with E-state index in [-0.39, 0.29) is 0 Å². The number of nitrogens with zero attached hydrogens (tertiary/aromatic N) is 1. The Hall–Kier alpha value is -1.22. The van der Waals surface area contributed by atoms with E-state index in [4.69, 9.17) is 18.6 Å². The lowest BCUT2D eigenvalue weighted by atomic mass is 10.3. The van der Waals surface area contributed by atoms with Gasteiger partial charge in [0.05, 0.1) is 14.9 Å². The lowest BCUT2D eigenvalue weighted by Gasteiger charge is -2.03. The summed E-state index contributed by atoms with van der Waals surface area (Å²) >= 11 is 1.75. The predicted molar refractivity (Wildman–Crippen MR) is 56.3 cm³/mol. The molecule has 0 aliphatic carbocycles. The van der Waals surface area contributed by atoms with Crippen LogP contribution in [0.2, 0.25) is 0 Å². The van der Waals surface area contributed by atoms with Crippen LogP contribution in [0.15, 0.2) is 29.6 Å². The van der Waals surface area contributed by atoms with Crippen LogP contribution in [0.3, 0.4) is 0 Å². The van der Waals surface area contributed by atoms with Gasteiger partial charge in [0.1, 0.15) is 5.69 Å². The number of aromatic nitrogens is 2. The Morgan fingerprint density at radius 2 is 1.89 bits per heavy atom. The van der Waals surface area contributed by atoms with Crippen LogP contribution in [0, 0.1) is 17.2 Å². The molecule has 18 heavy (non-hydrogen) atoms. The van der Waals surface area contributed by atoms with Crippen LogP contribution in [0.1, 0.15) is 5.69 Å². The number of thiazole rings is 1. The molecule has 0 atom stereocenters. The summed E-state index contributed by atoms with van der Waals surface area (Å²) in [7, 11) is -4.69. The summed E-state index contributed by atoms with van der Waals surface area (Å²) in [5.41, 5.74) is 3.76. The molecule has 0 fully saturated rings. The number of benzene rings is 1. The van der Waals surface area contributed by atoms with Gasteiger partial charge in [-0.1, -0.05) is 23.5 Å². The summed E-state index contributed by atoms with van der Waals surface area (Å²) in [5.74, 6) is 0. The monoisotopic (exact) mass is 289 g/mol. The molecule has 3 aromatic rings. The summed E-state index contributed by atoms with van der Waals surface area (Å²) in [5, 5.41) is 2.16. The van der Waals surface area contributed by atoms with E-state index in [9.17, 15) is 0 Å². The van der Waals surface area contributed by atoms with Crippen molar-refractivity contribution in [3.05, 3.63) is 35.3 Å². The van der Waals surface area contributed by atoms with Crippen molar-refractivity contribution in [2.24, 2.45) is 0 Å². The lowest BCUT2D eigenvalue weighted by Crippen LogP contribution is -2.58. The second kappa shape index (κ2) is 4.81. The van der Waals surface area contributed by atoms with Crippen LogP contribution >= 0.6 is 11.3 Å². The fraction of sp³-hybridized carbons (Fsp3) is 0.100. The van der Waals surface area contributed by atoms with E-state index >= 15 is 0 Å². The number of H-pyrrole nitrogens is 1. The van der Waals surface area contributed by atoms with Crippen molar-refractivity contribution in [2.45, 2.75) is 6.92 Å². The molecule has 1 aromatic carbocycles. The third kappa shape index (κ3) is 2.96. The third-order valence-electron chi connectivity index (χ3n) is 2.28. The van der Waals surface area contributed by atoms with E-state index in [0.29, 0.717) is 0 Å². The van der Waals surface area contributed by atoms with Crippen LogP contribution in [-0.4, -0.2) is 9.64 Å². The second-order valence-electron chi connectivity index (χ2n) is 3.56. The highest BCUT2D eigenvalue weighted by molar-refractivity contribution is 7.14. The summed E-state index contributed by atoms with van der Waals surface area (Å²) in [6, 6.07) is 8.37. The molecule has 0 aliphatic rings. The predicted octanol–water partition coefficient (Wildman–Crippen LogP) is -1.85. The van der Waals surface area contributed by atoms with Gasteiger partial charge >= 0.3 is 4.96 Å². The molecule has 0 aliphatic heterocycles. The number of hydrogen-bond donors (Lipinski definition) is 2. The van der Waals surface area contributed by atoms with Gasteiger partial charge in [-0.15, -0.1) is 0 Å². The zero-order valence-corrected chi connectivity index (χ0v) is 10.9. The zero-order chi connectivity index (χ0) is 13.3. The number of imidazole rings is 1. The van der Waals surface area contributed by atoms with Crippen LogP contribution in [0.4, 0.5) is 0 Å². The molecule has 0 bridgehead atoms. The van der Waals surface area contributed by atoms with Gasteiger partial charge in [-0.05, 0) is 19.1 Å². The van der Waals surface area contributed by atoms with Crippen molar-refractivity contribution in [3.63, 3.8) is 0 Å². The highest BCUT2D eigenvalue weighted by atomic mass is 35.7. The first-order chi connectivity index (χ1) is 8.36. The highest BCUT2D eigenvalue weighted by Crippen LogP contribution is 2.15. The first-order valence-corrected chi connectivity index (χ1v) is 7.00. The van der Waals surface area contributed by atoms with E-state index in [1.807, 2.05) is 0 Å². The minimum absolute atomic E-state index is 1.21. The van der Waals surface area contributed by atoms with E-state index < -0.39 is 10.2 Å². The van der Waals surface area contributed by atoms with E-state index in [0.717, 1.165) is 0 Å². The maximum Gasteiger partial charge on any atom is 0.344 e. The van der Waals surface area contributed by atoms with Gasteiger partial charge in [-0.25, -0.2) is 4.98 Å². The molecule has 2 N–H and O–H groups in total. The first kappa shape index (κ1) is 13.2. The van der Waals surface area contributed by atoms with Gasteiger partial charge in [0.25, 0.3) is 0 Å². The maximum atomic E-state index is 8.60. The van der Waals surface area contributed by atoms with Crippen molar-refractivity contribution in [3.8, 4) is 0 Å². The van der Waals surface area contributed by atoms with Crippen molar-refractivity contribution in [2.75, 3.05) is 0 Å². The van der Waals surface area contributed by atoms with Crippen LogP contribution in [0.25, 0.3) is 16.0 Å². The Balaban J connectivity index is 0.000000209. The molecule has 0 radical (unpaired) electrons. The maximum absolute atomic E-state index is 8.60. The zero-order valence-electron chi connectivity index (χ0n) is 9.29. The molecule has 6 nitrogen and oxygen atoms in total. The number of para-hydroxylation sites is 2. The van der Waals surface area contributed by atoms with Gasteiger partial charge in [-0.3, -0.25) is 0 Å². The number of rotatable bonds is 0. The summed E-state index contributed by atoms with van der Waals surface area (Å²) in [6.07, 6.45) is 0. The molecule has 96 valence electrons. The van der Waals surface area contributed by atoms with Gasteiger partial charge in [0.2, 0.25) is 0 Å². The number of aryl methyl sites for hydroxylation is 1. The minimum atomic E-state index is -4.69. The van der Waals surface area contributed by atoms with Crippen molar-refractivity contribution >= 4 is 27.3 Å². The fourth-order valence-corrected chi connectivity index (χ4v) is 2.59. The SMILES string of the molecule is Cc1csc2[nH]c3ccccc3[n+]12.[O-][Cl+3]([O-])([O-])O. The third-order valence-corrected chi connectivity index (χ3v) is 3.25. The standard InChI is InChI=1S/C10H8N2S.ClHO4/c1-7-6-13-10-11-8-4-2-3-5-9(8)12(7)10;2-1(3,4)5/h2-6H,1H3;(H,2,3,4,5)/p+1.